The molecule has 8 heteroatoms. The lowest BCUT2D eigenvalue weighted by Crippen LogP contribution is -2.37. The van der Waals surface area contributed by atoms with Crippen LogP contribution < -0.4 is 15.4 Å². The van der Waals surface area contributed by atoms with Crippen LogP contribution in [0.5, 0.6) is 6.01 Å². The number of hydrogen-bond donors (Lipinski definition) is 2. The summed E-state index contributed by atoms with van der Waals surface area (Å²) in [7, 11) is 0. The van der Waals surface area contributed by atoms with Crippen LogP contribution in [0.15, 0.2) is 42.7 Å². The summed E-state index contributed by atoms with van der Waals surface area (Å²) in [6.45, 7) is 6.70. The van der Waals surface area contributed by atoms with Gasteiger partial charge in [0.2, 0.25) is 5.95 Å². The molecule has 1 aromatic carbocycles. The molecule has 1 aliphatic heterocycles. The van der Waals surface area contributed by atoms with Crippen LogP contribution >= 0.6 is 0 Å². The van der Waals surface area contributed by atoms with Crippen molar-refractivity contribution in [3.05, 3.63) is 53.9 Å². The van der Waals surface area contributed by atoms with Crippen molar-refractivity contribution in [2.75, 3.05) is 18.4 Å². The largest absolute Gasteiger partial charge is 0.459 e. The summed E-state index contributed by atoms with van der Waals surface area (Å²) in [6, 6.07) is 10.6. The average Bonchev–Trinajstić information content (AvgIpc) is 3.22. The summed E-state index contributed by atoms with van der Waals surface area (Å²) in [5.41, 5.74) is 3.93. The Morgan fingerprint density at radius 2 is 2.13 bits per heavy atom. The molecule has 31 heavy (non-hydrogen) atoms. The highest BCUT2D eigenvalue weighted by Crippen LogP contribution is 2.24. The normalized spacial score (nSPS) is 16.8. The van der Waals surface area contributed by atoms with E-state index in [2.05, 4.69) is 57.7 Å². The van der Waals surface area contributed by atoms with Gasteiger partial charge in [-0.1, -0.05) is 38.1 Å². The molecule has 1 aliphatic rings. The van der Waals surface area contributed by atoms with Crippen molar-refractivity contribution in [2.45, 2.75) is 45.3 Å². The fourth-order valence-corrected chi connectivity index (χ4v) is 4.00. The van der Waals surface area contributed by atoms with Crippen molar-refractivity contribution in [1.82, 2.24) is 29.9 Å². The van der Waals surface area contributed by atoms with Crippen LogP contribution in [0.4, 0.5) is 5.95 Å². The van der Waals surface area contributed by atoms with Gasteiger partial charge >= 0.3 is 6.01 Å². The zero-order valence-corrected chi connectivity index (χ0v) is 17.9. The molecule has 0 saturated carbocycles. The number of rotatable bonds is 6. The van der Waals surface area contributed by atoms with E-state index in [9.17, 15) is 0 Å². The molecule has 1 atom stereocenters. The second-order valence-electron chi connectivity index (χ2n) is 8.25. The number of aromatic nitrogens is 5. The lowest BCUT2D eigenvalue weighted by molar-refractivity contribution is 0.153. The van der Waals surface area contributed by atoms with E-state index in [1.54, 1.807) is 4.52 Å². The highest BCUT2D eigenvalue weighted by Gasteiger charge is 2.20. The number of benzene rings is 1. The van der Waals surface area contributed by atoms with Gasteiger partial charge in [-0.3, -0.25) is 4.98 Å². The summed E-state index contributed by atoms with van der Waals surface area (Å²) in [4.78, 5) is 13.9. The third-order valence-corrected chi connectivity index (χ3v) is 5.67. The summed E-state index contributed by atoms with van der Waals surface area (Å²) in [5, 5.41) is 12.5. The molecule has 2 N–H and O–H groups in total. The molecule has 3 aromatic heterocycles. The second-order valence-corrected chi connectivity index (χ2v) is 8.25. The van der Waals surface area contributed by atoms with Crippen LogP contribution in [-0.4, -0.2) is 43.8 Å². The van der Waals surface area contributed by atoms with E-state index in [1.165, 1.54) is 0 Å². The van der Waals surface area contributed by atoms with Gasteiger partial charge in [0.05, 0.1) is 11.7 Å². The number of piperidine rings is 1. The first-order valence-electron chi connectivity index (χ1n) is 10.9. The summed E-state index contributed by atoms with van der Waals surface area (Å²) >= 11 is 0. The van der Waals surface area contributed by atoms with Crippen LogP contribution in [-0.2, 0) is 6.54 Å². The molecule has 0 spiro atoms. The van der Waals surface area contributed by atoms with Gasteiger partial charge in [0.1, 0.15) is 6.10 Å². The van der Waals surface area contributed by atoms with E-state index in [4.69, 9.17) is 9.72 Å². The quantitative estimate of drug-likeness (QED) is 0.496. The Labute approximate surface area is 181 Å². The van der Waals surface area contributed by atoms with Crippen molar-refractivity contribution >= 4 is 22.5 Å². The minimum atomic E-state index is 0.0803. The molecule has 0 bridgehead atoms. The second kappa shape index (κ2) is 8.47. The number of hydrogen-bond acceptors (Lipinski definition) is 7. The van der Waals surface area contributed by atoms with Crippen LogP contribution in [0.2, 0.25) is 0 Å². The Morgan fingerprint density at radius 3 is 2.97 bits per heavy atom. The number of nitrogens with one attached hydrogen (secondary N) is 2. The summed E-state index contributed by atoms with van der Waals surface area (Å²) in [6.07, 6.45) is 5.86. The molecular formula is C23H27N7O. The highest BCUT2D eigenvalue weighted by molar-refractivity contribution is 5.81. The Balaban J connectivity index is 1.48. The Kier molecular flexibility index (Phi) is 5.38. The highest BCUT2D eigenvalue weighted by atomic mass is 16.5. The molecule has 4 heterocycles. The third kappa shape index (κ3) is 4.03. The Bertz CT molecular complexity index is 1190. The first kappa shape index (κ1) is 19.7. The van der Waals surface area contributed by atoms with Crippen molar-refractivity contribution < 1.29 is 4.74 Å². The monoisotopic (exact) mass is 417 g/mol. The molecule has 1 saturated heterocycles. The fraction of sp³-hybridized carbons (Fsp3) is 0.391. The van der Waals surface area contributed by atoms with Crippen molar-refractivity contribution in [1.29, 1.82) is 0 Å². The van der Waals surface area contributed by atoms with Gasteiger partial charge in [0.15, 0.2) is 5.65 Å². The molecule has 0 radical (unpaired) electrons. The molecule has 8 nitrogen and oxygen atoms in total. The average molecular weight is 418 g/mol. The van der Waals surface area contributed by atoms with Crippen LogP contribution in [0.1, 0.15) is 43.7 Å². The summed E-state index contributed by atoms with van der Waals surface area (Å²) < 4.78 is 7.92. The van der Waals surface area contributed by atoms with E-state index in [-0.39, 0.29) is 6.10 Å². The molecule has 0 amide bonds. The van der Waals surface area contributed by atoms with E-state index < -0.39 is 0 Å². The first-order valence-corrected chi connectivity index (χ1v) is 10.9. The zero-order valence-electron chi connectivity index (χ0n) is 17.9. The third-order valence-electron chi connectivity index (χ3n) is 5.67. The van der Waals surface area contributed by atoms with Gasteiger partial charge in [-0.25, -0.2) is 0 Å². The Hall–Kier alpha value is -3.26. The molecule has 0 aliphatic carbocycles. The predicted octanol–water partition coefficient (Wildman–Crippen LogP) is 3.54. The molecule has 4 aromatic rings. The number of ether oxygens (including phenoxy) is 1. The van der Waals surface area contributed by atoms with Crippen molar-refractivity contribution in [3.63, 3.8) is 0 Å². The van der Waals surface area contributed by atoms with Gasteiger partial charge < -0.3 is 15.4 Å². The predicted molar refractivity (Wildman–Crippen MR) is 120 cm³/mol. The van der Waals surface area contributed by atoms with Gasteiger partial charge in [-0.2, -0.15) is 19.6 Å². The van der Waals surface area contributed by atoms with Crippen LogP contribution in [0.25, 0.3) is 16.6 Å². The van der Waals surface area contributed by atoms with Gasteiger partial charge in [-0.15, -0.1) is 0 Å². The lowest BCUT2D eigenvalue weighted by atomic mass is 10.1. The molecule has 1 fully saturated rings. The van der Waals surface area contributed by atoms with E-state index >= 15 is 0 Å². The lowest BCUT2D eigenvalue weighted by Gasteiger charge is -2.23. The maximum Gasteiger partial charge on any atom is 0.322 e. The van der Waals surface area contributed by atoms with Gasteiger partial charge in [0, 0.05) is 30.2 Å². The maximum absolute atomic E-state index is 6.15. The van der Waals surface area contributed by atoms with Crippen molar-refractivity contribution in [2.24, 2.45) is 0 Å². The first-order chi connectivity index (χ1) is 15.2. The standard InChI is InChI=1S/C23H27N7O/c1-15(2)19-14-27-30-21(19)28-23(31-18-9-5-10-24-13-18)29-22(30)26-12-17-7-3-6-16-8-4-11-25-20(16)17/h3-4,6-8,11,14-15,18,24H,5,9-10,12-13H2,1-2H3,(H,26,28,29)/t18-/m1/s1. The fourth-order valence-electron chi connectivity index (χ4n) is 4.00. The van der Waals surface area contributed by atoms with E-state index in [0.717, 1.165) is 53.6 Å². The van der Waals surface area contributed by atoms with Gasteiger partial charge in [0.25, 0.3) is 0 Å². The minimum Gasteiger partial charge on any atom is -0.459 e. The molecule has 160 valence electrons. The number of anilines is 1. The van der Waals surface area contributed by atoms with Crippen LogP contribution in [0, 0.1) is 0 Å². The topological polar surface area (TPSA) is 89.3 Å². The smallest absolute Gasteiger partial charge is 0.322 e. The molecule has 5 rings (SSSR count). The zero-order chi connectivity index (χ0) is 21.2. The summed E-state index contributed by atoms with van der Waals surface area (Å²) in [5.74, 6) is 0.912. The van der Waals surface area contributed by atoms with Crippen LogP contribution in [0.3, 0.4) is 0 Å². The van der Waals surface area contributed by atoms with Gasteiger partial charge in [-0.05, 0) is 36.9 Å². The number of pyridine rings is 1. The maximum atomic E-state index is 6.15. The number of para-hydroxylation sites is 1. The van der Waals surface area contributed by atoms with Crippen molar-refractivity contribution in [3.8, 4) is 6.01 Å². The van der Waals surface area contributed by atoms with E-state index in [1.807, 2.05) is 24.5 Å². The molecule has 0 unspecified atom stereocenters. The SMILES string of the molecule is CC(C)c1cnn2c(NCc3cccc4cccnc34)nc(O[C@@H]3CCCNC3)nc12. The van der Waals surface area contributed by atoms with E-state index in [0.29, 0.717) is 24.4 Å². The molecular weight excluding hydrogens is 390 g/mol. The Morgan fingerprint density at radius 1 is 1.23 bits per heavy atom. The number of fused-ring (bicyclic) bond motifs is 2. The minimum absolute atomic E-state index is 0.0803. The number of nitrogens with zero attached hydrogens (tertiary/aromatic N) is 5.